The van der Waals surface area contributed by atoms with Crippen molar-refractivity contribution in [3.8, 4) is 23.0 Å². The van der Waals surface area contributed by atoms with Crippen LogP contribution < -0.4 is 14.2 Å². The number of rotatable bonds is 7. The molecule has 156 valence electrons. The molecule has 0 saturated carbocycles. The maximum atomic E-state index is 12.5. The number of carbonyl (C=O) groups excluding carboxylic acids is 1. The van der Waals surface area contributed by atoms with E-state index in [1.807, 2.05) is 18.2 Å². The van der Waals surface area contributed by atoms with Crippen molar-refractivity contribution in [3.63, 3.8) is 0 Å². The van der Waals surface area contributed by atoms with E-state index in [9.17, 15) is 9.90 Å². The molecule has 1 amide bonds. The van der Waals surface area contributed by atoms with Gasteiger partial charge in [-0.1, -0.05) is 18.2 Å². The predicted octanol–water partition coefficient (Wildman–Crippen LogP) is 2.69. The molecule has 7 heteroatoms. The normalized spacial score (nSPS) is 15.6. The van der Waals surface area contributed by atoms with Crippen molar-refractivity contribution in [2.75, 3.05) is 47.0 Å². The van der Waals surface area contributed by atoms with Crippen molar-refractivity contribution in [2.24, 2.45) is 0 Å². The number of amides is 1. The van der Waals surface area contributed by atoms with Gasteiger partial charge in [0.2, 0.25) is 0 Å². The van der Waals surface area contributed by atoms with Gasteiger partial charge in [0.15, 0.2) is 18.1 Å². The Morgan fingerprint density at radius 2 is 1.76 bits per heavy atom. The van der Waals surface area contributed by atoms with Gasteiger partial charge in [-0.25, -0.2) is 0 Å². The second-order valence-electron chi connectivity index (χ2n) is 6.96. The largest absolute Gasteiger partial charge is 0.504 e. The van der Waals surface area contributed by atoms with Gasteiger partial charge in [0.25, 0.3) is 5.91 Å². The first-order valence-electron chi connectivity index (χ1n) is 9.68. The first-order valence-corrected chi connectivity index (χ1v) is 9.68. The Kier molecular flexibility index (Phi) is 6.82. The molecule has 7 nitrogen and oxygen atoms in total. The SMILES string of the molecule is COc1ccc(C(C)N2CCN(C(=O)COc3ccccc3O)CC2)c(OC)c1. The van der Waals surface area contributed by atoms with E-state index in [1.54, 1.807) is 37.3 Å². The zero-order chi connectivity index (χ0) is 20.8. The average molecular weight is 400 g/mol. The summed E-state index contributed by atoms with van der Waals surface area (Å²) in [6.45, 7) is 4.84. The van der Waals surface area contributed by atoms with E-state index in [1.165, 1.54) is 6.07 Å². The van der Waals surface area contributed by atoms with Crippen molar-refractivity contribution in [1.82, 2.24) is 9.80 Å². The minimum atomic E-state index is -0.0839. The molecule has 1 N–H and O–H groups in total. The third kappa shape index (κ3) is 4.92. The summed E-state index contributed by atoms with van der Waals surface area (Å²) in [7, 11) is 3.29. The number of aromatic hydroxyl groups is 1. The Bertz CT molecular complexity index is 834. The summed E-state index contributed by atoms with van der Waals surface area (Å²) in [4.78, 5) is 16.6. The number of benzene rings is 2. The highest BCUT2D eigenvalue weighted by Crippen LogP contribution is 2.33. The number of hydrogen-bond acceptors (Lipinski definition) is 6. The van der Waals surface area contributed by atoms with Crippen LogP contribution in [0.1, 0.15) is 18.5 Å². The van der Waals surface area contributed by atoms with Crippen LogP contribution in [-0.2, 0) is 4.79 Å². The highest BCUT2D eigenvalue weighted by molar-refractivity contribution is 5.78. The summed E-state index contributed by atoms with van der Waals surface area (Å²) in [6.07, 6.45) is 0. The zero-order valence-corrected chi connectivity index (χ0v) is 17.1. The van der Waals surface area contributed by atoms with E-state index in [-0.39, 0.29) is 24.3 Å². The number of piperazine rings is 1. The van der Waals surface area contributed by atoms with Crippen LogP contribution in [0.2, 0.25) is 0 Å². The van der Waals surface area contributed by atoms with Crippen molar-refractivity contribution >= 4 is 5.91 Å². The minimum Gasteiger partial charge on any atom is -0.504 e. The van der Waals surface area contributed by atoms with Crippen molar-refractivity contribution < 1.29 is 24.1 Å². The summed E-state index contributed by atoms with van der Waals surface area (Å²) in [5, 5.41) is 9.74. The lowest BCUT2D eigenvalue weighted by Crippen LogP contribution is -2.50. The number of phenolic OH excluding ortho intramolecular Hbond substituents is 1. The molecule has 29 heavy (non-hydrogen) atoms. The Morgan fingerprint density at radius 3 is 2.41 bits per heavy atom. The van der Waals surface area contributed by atoms with E-state index in [0.717, 1.165) is 30.2 Å². The van der Waals surface area contributed by atoms with E-state index in [2.05, 4.69) is 11.8 Å². The van der Waals surface area contributed by atoms with E-state index < -0.39 is 0 Å². The van der Waals surface area contributed by atoms with Gasteiger partial charge in [-0.05, 0) is 25.1 Å². The molecular weight excluding hydrogens is 372 g/mol. The van der Waals surface area contributed by atoms with Gasteiger partial charge in [-0.2, -0.15) is 0 Å². The van der Waals surface area contributed by atoms with Gasteiger partial charge in [-0.3, -0.25) is 9.69 Å². The van der Waals surface area contributed by atoms with Crippen LogP contribution in [0.5, 0.6) is 23.0 Å². The fourth-order valence-electron chi connectivity index (χ4n) is 3.53. The molecular formula is C22H28N2O5. The monoisotopic (exact) mass is 400 g/mol. The first-order chi connectivity index (χ1) is 14.0. The maximum Gasteiger partial charge on any atom is 0.260 e. The summed E-state index contributed by atoms with van der Waals surface area (Å²) in [6, 6.07) is 12.7. The molecule has 3 rings (SSSR count). The molecule has 0 aliphatic carbocycles. The molecule has 0 aromatic heterocycles. The third-order valence-electron chi connectivity index (χ3n) is 5.32. The van der Waals surface area contributed by atoms with E-state index in [0.29, 0.717) is 18.8 Å². The third-order valence-corrected chi connectivity index (χ3v) is 5.32. The number of methoxy groups -OCH3 is 2. The fourth-order valence-corrected chi connectivity index (χ4v) is 3.53. The lowest BCUT2D eigenvalue weighted by molar-refractivity contribution is -0.135. The van der Waals surface area contributed by atoms with Crippen molar-refractivity contribution in [3.05, 3.63) is 48.0 Å². The summed E-state index contributed by atoms with van der Waals surface area (Å²) in [5.41, 5.74) is 1.09. The standard InChI is InChI=1S/C22H28N2O5/c1-16(18-9-8-17(27-2)14-21(18)28-3)23-10-12-24(13-11-23)22(26)15-29-20-7-5-4-6-19(20)25/h4-9,14,16,25H,10-13,15H2,1-3H3. The Hall–Kier alpha value is -2.93. The molecule has 0 radical (unpaired) electrons. The molecule has 1 saturated heterocycles. The lowest BCUT2D eigenvalue weighted by atomic mass is 10.0. The zero-order valence-electron chi connectivity index (χ0n) is 17.1. The summed E-state index contributed by atoms with van der Waals surface area (Å²) < 4.78 is 16.3. The van der Waals surface area contributed by atoms with Gasteiger partial charge in [0.05, 0.1) is 14.2 Å². The summed E-state index contributed by atoms with van der Waals surface area (Å²) in [5.74, 6) is 1.83. The van der Waals surface area contributed by atoms with Crippen LogP contribution >= 0.6 is 0 Å². The van der Waals surface area contributed by atoms with Crippen LogP contribution in [0.25, 0.3) is 0 Å². The Morgan fingerprint density at radius 1 is 1.03 bits per heavy atom. The Labute approximate surface area is 171 Å². The minimum absolute atomic E-state index is 0.0346. The van der Waals surface area contributed by atoms with Gasteiger partial charge in [-0.15, -0.1) is 0 Å². The smallest absolute Gasteiger partial charge is 0.260 e. The van der Waals surface area contributed by atoms with Crippen LogP contribution in [0.4, 0.5) is 0 Å². The molecule has 1 fully saturated rings. The number of para-hydroxylation sites is 2. The average Bonchev–Trinajstić information content (AvgIpc) is 2.77. The number of nitrogens with zero attached hydrogens (tertiary/aromatic N) is 2. The molecule has 1 atom stereocenters. The topological polar surface area (TPSA) is 71.5 Å². The first kappa shape index (κ1) is 20.8. The van der Waals surface area contributed by atoms with Crippen molar-refractivity contribution in [1.29, 1.82) is 0 Å². The number of phenols is 1. The quantitative estimate of drug-likeness (QED) is 0.771. The fraction of sp³-hybridized carbons (Fsp3) is 0.409. The molecule has 0 spiro atoms. The van der Waals surface area contributed by atoms with Crippen LogP contribution in [0.3, 0.4) is 0 Å². The molecule has 0 bridgehead atoms. The number of hydrogen-bond donors (Lipinski definition) is 1. The second kappa shape index (κ2) is 9.52. The van der Waals surface area contributed by atoms with Crippen molar-refractivity contribution in [2.45, 2.75) is 13.0 Å². The molecule has 1 aliphatic heterocycles. The van der Waals surface area contributed by atoms with Gasteiger partial charge in [0.1, 0.15) is 11.5 Å². The Balaban J connectivity index is 1.54. The predicted molar refractivity (Wildman–Crippen MR) is 110 cm³/mol. The number of ether oxygens (including phenoxy) is 3. The highest BCUT2D eigenvalue weighted by atomic mass is 16.5. The van der Waals surface area contributed by atoms with E-state index in [4.69, 9.17) is 14.2 Å². The second-order valence-corrected chi connectivity index (χ2v) is 6.96. The molecule has 1 heterocycles. The van der Waals surface area contributed by atoms with Gasteiger partial charge >= 0.3 is 0 Å². The molecule has 1 unspecified atom stereocenters. The maximum absolute atomic E-state index is 12.5. The van der Waals surface area contributed by atoms with Gasteiger partial charge in [0, 0.05) is 43.9 Å². The summed E-state index contributed by atoms with van der Waals surface area (Å²) >= 11 is 0. The van der Waals surface area contributed by atoms with Crippen LogP contribution in [0.15, 0.2) is 42.5 Å². The van der Waals surface area contributed by atoms with Gasteiger partial charge < -0.3 is 24.2 Å². The highest BCUT2D eigenvalue weighted by Gasteiger charge is 2.26. The number of carbonyl (C=O) groups is 1. The molecule has 2 aromatic rings. The lowest BCUT2D eigenvalue weighted by Gasteiger charge is -2.38. The van der Waals surface area contributed by atoms with E-state index >= 15 is 0 Å². The molecule has 1 aliphatic rings. The van der Waals surface area contributed by atoms with Crippen LogP contribution in [-0.4, -0.2) is 67.8 Å². The molecule has 2 aromatic carbocycles. The van der Waals surface area contributed by atoms with Crippen LogP contribution in [0, 0.1) is 0 Å².